The van der Waals surface area contributed by atoms with E-state index in [0.717, 1.165) is 33.3 Å². The van der Waals surface area contributed by atoms with Crippen LogP contribution in [-0.4, -0.2) is 4.57 Å². The lowest BCUT2D eigenvalue weighted by molar-refractivity contribution is 0.627. The zero-order chi connectivity index (χ0) is 21.9. The number of hydrogen-bond acceptors (Lipinski definition) is 0. The van der Waals surface area contributed by atoms with Crippen LogP contribution in [0.3, 0.4) is 0 Å². The Morgan fingerprint density at radius 3 is 2.00 bits per heavy atom. The zero-order valence-corrected chi connectivity index (χ0v) is 17.3. The van der Waals surface area contributed by atoms with Gasteiger partial charge < -0.3 is 4.57 Å². The van der Waals surface area contributed by atoms with Gasteiger partial charge in [0.2, 0.25) is 0 Å². The zero-order valence-electron chi connectivity index (χ0n) is 17.3. The van der Waals surface area contributed by atoms with Gasteiger partial charge in [-0.05, 0) is 59.2 Å². The summed E-state index contributed by atoms with van der Waals surface area (Å²) in [5.41, 5.74) is 5.20. The molecule has 4 aromatic carbocycles. The molecule has 0 aliphatic heterocycles. The second kappa shape index (κ2) is 8.64. The molecule has 0 bridgehead atoms. The standard InChI is InChI=1S/C29H21F2N/c30-23-15-10-21(11-16-23)12-19-26(22-13-17-24(31)18-14-22)28-20-32(25-6-2-1-3-7-25)29-9-5-4-8-27(28)29/h1-20,26H/b19-12+. The second-order valence-electron chi connectivity index (χ2n) is 7.75. The molecule has 3 heteroatoms. The first-order chi connectivity index (χ1) is 15.7. The number of para-hydroxylation sites is 2. The number of allylic oxidation sites excluding steroid dienone is 1. The highest BCUT2D eigenvalue weighted by molar-refractivity contribution is 5.87. The van der Waals surface area contributed by atoms with E-state index in [-0.39, 0.29) is 17.6 Å². The summed E-state index contributed by atoms with van der Waals surface area (Å²) in [6.45, 7) is 0. The van der Waals surface area contributed by atoms with Crippen LogP contribution in [0.4, 0.5) is 8.78 Å². The minimum absolute atomic E-state index is 0.101. The number of fused-ring (bicyclic) bond motifs is 1. The number of aromatic nitrogens is 1. The van der Waals surface area contributed by atoms with Gasteiger partial charge in [0.05, 0.1) is 5.52 Å². The van der Waals surface area contributed by atoms with Gasteiger partial charge in [-0.25, -0.2) is 8.78 Å². The van der Waals surface area contributed by atoms with Crippen LogP contribution in [-0.2, 0) is 0 Å². The van der Waals surface area contributed by atoms with Crippen molar-refractivity contribution in [3.05, 3.63) is 144 Å². The lowest BCUT2D eigenvalue weighted by atomic mass is 9.90. The van der Waals surface area contributed by atoms with Crippen LogP contribution in [0, 0.1) is 11.6 Å². The number of hydrogen-bond donors (Lipinski definition) is 0. The molecule has 0 N–H and O–H groups in total. The maximum absolute atomic E-state index is 13.7. The summed E-state index contributed by atoms with van der Waals surface area (Å²) in [6.07, 6.45) is 6.24. The van der Waals surface area contributed by atoms with Crippen LogP contribution in [0.15, 0.2) is 115 Å². The second-order valence-corrected chi connectivity index (χ2v) is 7.75. The molecule has 0 fully saturated rings. The molecule has 32 heavy (non-hydrogen) atoms. The summed E-state index contributed by atoms with van der Waals surface area (Å²) in [5.74, 6) is -0.625. The summed E-state index contributed by atoms with van der Waals surface area (Å²) in [6, 6.07) is 31.5. The molecule has 0 aliphatic carbocycles. The molecule has 0 spiro atoms. The highest BCUT2D eigenvalue weighted by Gasteiger charge is 2.18. The van der Waals surface area contributed by atoms with Crippen molar-refractivity contribution in [1.82, 2.24) is 4.57 Å². The third-order valence-corrected chi connectivity index (χ3v) is 5.69. The normalized spacial score (nSPS) is 12.4. The SMILES string of the molecule is Fc1ccc(/C=C/C(c2ccc(F)cc2)c2cn(-c3ccccc3)c3ccccc23)cc1. The summed E-state index contributed by atoms with van der Waals surface area (Å²) in [7, 11) is 0. The van der Waals surface area contributed by atoms with E-state index in [9.17, 15) is 8.78 Å². The maximum Gasteiger partial charge on any atom is 0.123 e. The van der Waals surface area contributed by atoms with E-state index >= 15 is 0 Å². The van der Waals surface area contributed by atoms with E-state index in [2.05, 4.69) is 41.1 Å². The highest BCUT2D eigenvalue weighted by atomic mass is 19.1. The molecule has 5 aromatic rings. The van der Waals surface area contributed by atoms with Crippen molar-refractivity contribution in [2.24, 2.45) is 0 Å². The Morgan fingerprint density at radius 2 is 1.28 bits per heavy atom. The first-order valence-electron chi connectivity index (χ1n) is 10.5. The fourth-order valence-corrected chi connectivity index (χ4v) is 4.10. The largest absolute Gasteiger partial charge is 0.316 e. The number of nitrogens with zero attached hydrogens (tertiary/aromatic N) is 1. The van der Waals surface area contributed by atoms with E-state index in [1.54, 1.807) is 12.1 Å². The van der Waals surface area contributed by atoms with E-state index in [1.807, 2.05) is 48.5 Å². The van der Waals surface area contributed by atoms with Gasteiger partial charge in [0.15, 0.2) is 0 Å². The minimum atomic E-state index is -0.262. The fraction of sp³-hybridized carbons (Fsp3) is 0.0345. The van der Waals surface area contributed by atoms with Gasteiger partial charge in [0.25, 0.3) is 0 Å². The molecule has 156 valence electrons. The molecule has 1 unspecified atom stereocenters. The quantitative estimate of drug-likeness (QED) is 0.273. The van der Waals surface area contributed by atoms with Gasteiger partial charge in [-0.1, -0.05) is 72.8 Å². The molecule has 0 saturated heterocycles. The van der Waals surface area contributed by atoms with E-state index in [4.69, 9.17) is 0 Å². The molecule has 1 atom stereocenters. The number of halogens is 2. The number of benzene rings is 4. The van der Waals surface area contributed by atoms with Crippen LogP contribution in [0.2, 0.25) is 0 Å². The Labute approximate surface area is 185 Å². The van der Waals surface area contributed by atoms with Crippen LogP contribution in [0.5, 0.6) is 0 Å². The third-order valence-electron chi connectivity index (χ3n) is 5.69. The predicted molar refractivity (Wildman–Crippen MR) is 127 cm³/mol. The molecule has 0 radical (unpaired) electrons. The molecular formula is C29H21F2N. The Bertz CT molecular complexity index is 1360. The average molecular weight is 421 g/mol. The monoisotopic (exact) mass is 421 g/mol. The van der Waals surface area contributed by atoms with Crippen molar-refractivity contribution < 1.29 is 8.78 Å². The molecule has 1 nitrogen and oxygen atoms in total. The average Bonchev–Trinajstić information content (AvgIpc) is 3.22. The van der Waals surface area contributed by atoms with Crippen molar-refractivity contribution in [3.8, 4) is 5.69 Å². The Balaban J connectivity index is 1.67. The van der Waals surface area contributed by atoms with Crippen molar-refractivity contribution in [2.75, 3.05) is 0 Å². The van der Waals surface area contributed by atoms with Gasteiger partial charge in [-0.2, -0.15) is 0 Å². The number of rotatable bonds is 5. The van der Waals surface area contributed by atoms with Crippen molar-refractivity contribution in [3.63, 3.8) is 0 Å². The van der Waals surface area contributed by atoms with Gasteiger partial charge in [0.1, 0.15) is 11.6 Å². The topological polar surface area (TPSA) is 4.93 Å². The lowest BCUT2D eigenvalue weighted by Gasteiger charge is -2.13. The van der Waals surface area contributed by atoms with Crippen molar-refractivity contribution in [2.45, 2.75) is 5.92 Å². The van der Waals surface area contributed by atoms with Crippen LogP contribution in [0.25, 0.3) is 22.7 Å². The first kappa shape index (κ1) is 20.0. The summed E-state index contributed by atoms with van der Waals surface area (Å²) in [4.78, 5) is 0. The third kappa shape index (κ3) is 3.97. The van der Waals surface area contributed by atoms with Crippen molar-refractivity contribution in [1.29, 1.82) is 0 Å². The summed E-state index contributed by atoms with van der Waals surface area (Å²) in [5, 5.41) is 1.13. The smallest absolute Gasteiger partial charge is 0.123 e. The lowest BCUT2D eigenvalue weighted by Crippen LogP contribution is -1.98. The molecule has 5 rings (SSSR count). The van der Waals surface area contributed by atoms with Gasteiger partial charge in [-0.3, -0.25) is 0 Å². The molecular weight excluding hydrogens is 400 g/mol. The molecule has 1 aromatic heterocycles. The summed E-state index contributed by atoms with van der Waals surface area (Å²) >= 11 is 0. The maximum atomic E-state index is 13.7. The van der Waals surface area contributed by atoms with Gasteiger partial charge in [0, 0.05) is 23.2 Å². The van der Waals surface area contributed by atoms with E-state index < -0.39 is 0 Å². The van der Waals surface area contributed by atoms with Gasteiger partial charge >= 0.3 is 0 Å². The predicted octanol–water partition coefficient (Wildman–Crippen LogP) is 7.75. The van der Waals surface area contributed by atoms with E-state index in [0.29, 0.717) is 0 Å². The minimum Gasteiger partial charge on any atom is -0.316 e. The molecule has 0 aliphatic rings. The van der Waals surface area contributed by atoms with Crippen molar-refractivity contribution >= 4 is 17.0 Å². The Kier molecular flexibility index (Phi) is 5.39. The van der Waals surface area contributed by atoms with Crippen LogP contribution in [0.1, 0.15) is 22.6 Å². The highest BCUT2D eigenvalue weighted by Crippen LogP contribution is 2.35. The molecule has 1 heterocycles. The van der Waals surface area contributed by atoms with Crippen LogP contribution < -0.4 is 0 Å². The Morgan fingerprint density at radius 1 is 0.656 bits per heavy atom. The molecule has 0 saturated carbocycles. The molecule has 0 amide bonds. The van der Waals surface area contributed by atoms with E-state index in [1.165, 1.54) is 24.3 Å². The summed E-state index contributed by atoms with van der Waals surface area (Å²) < 4.78 is 29.2. The first-order valence-corrected chi connectivity index (χ1v) is 10.5. The fourth-order valence-electron chi connectivity index (χ4n) is 4.10. The van der Waals surface area contributed by atoms with Crippen LogP contribution >= 0.6 is 0 Å². The van der Waals surface area contributed by atoms with Gasteiger partial charge in [-0.15, -0.1) is 0 Å². The Hall–Kier alpha value is -3.98.